The van der Waals surface area contributed by atoms with Gasteiger partial charge in [-0.05, 0) is 56.1 Å². The van der Waals surface area contributed by atoms with E-state index in [1.54, 1.807) is 17.4 Å². The highest BCUT2D eigenvalue weighted by Crippen LogP contribution is 2.34. The van der Waals surface area contributed by atoms with Gasteiger partial charge in [0, 0.05) is 25.3 Å². The smallest absolute Gasteiger partial charge is 0.124 e. The zero-order valence-corrected chi connectivity index (χ0v) is 9.98. The van der Waals surface area contributed by atoms with Gasteiger partial charge in [-0.2, -0.15) is 0 Å². The summed E-state index contributed by atoms with van der Waals surface area (Å²) in [6, 6.07) is 7.78. The summed E-state index contributed by atoms with van der Waals surface area (Å²) in [5, 5.41) is 2.20. The largest absolute Gasteiger partial charge is 0.242 e. The van der Waals surface area contributed by atoms with E-state index in [9.17, 15) is 0 Å². The van der Waals surface area contributed by atoms with Gasteiger partial charge in [0.1, 0.15) is 4.83 Å². The van der Waals surface area contributed by atoms with Crippen molar-refractivity contribution in [1.29, 1.82) is 0 Å². The molecule has 16 heavy (non-hydrogen) atoms. The Labute approximate surface area is 103 Å². The highest BCUT2D eigenvalue weighted by atomic mass is 32.1. The van der Waals surface area contributed by atoms with Crippen LogP contribution in [0, 0.1) is 20.7 Å². The van der Waals surface area contributed by atoms with Crippen LogP contribution in [0.3, 0.4) is 0 Å². The van der Waals surface area contributed by atoms with Crippen LogP contribution in [0.15, 0.2) is 24.3 Å². The summed E-state index contributed by atoms with van der Waals surface area (Å²) in [6.07, 6.45) is 0. The van der Waals surface area contributed by atoms with Crippen molar-refractivity contribution in [3.05, 3.63) is 41.1 Å². The number of thiophene rings is 1. The van der Waals surface area contributed by atoms with E-state index >= 15 is 0 Å². The molecular formula is C14H13NS. The molecule has 0 bridgehead atoms. The highest BCUT2D eigenvalue weighted by molar-refractivity contribution is 7.25. The Kier molecular flexibility index (Phi) is 1.44. The minimum atomic E-state index is -2.14. The van der Waals surface area contributed by atoms with E-state index in [0.29, 0.717) is 0 Å². The number of benzene rings is 1. The second-order valence-corrected chi connectivity index (χ2v) is 5.11. The Morgan fingerprint density at radius 1 is 1.12 bits per heavy atom. The molecule has 0 fully saturated rings. The molecule has 0 aliphatic carbocycles. The lowest BCUT2D eigenvalue weighted by molar-refractivity contribution is 1.27. The number of hydrogen-bond acceptors (Lipinski definition) is 2. The fourth-order valence-corrected chi connectivity index (χ4v) is 3.07. The third-order valence-corrected chi connectivity index (χ3v) is 4.02. The maximum Gasteiger partial charge on any atom is 0.124 e. The highest BCUT2D eigenvalue weighted by Gasteiger charge is 2.07. The predicted molar refractivity (Wildman–Crippen MR) is 71.3 cm³/mol. The van der Waals surface area contributed by atoms with Crippen LogP contribution in [0.2, 0.25) is 0 Å². The summed E-state index contributed by atoms with van der Waals surface area (Å²) in [7, 11) is 0. The summed E-state index contributed by atoms with van der Waals surface area (Å²) in [4.78, 5) is 5.10. The molecule has 80 valence electrons. The van der Waals surface area contributed by atoms with Gasteiger partial charge in [0.25, 0.3) is 0 Å². The predicted octanol–water partition coefficient (Wildman–Crippen LogP) is 4.37. The molecule has 0 spiro atoms. The number of aromatic nitrogens is 1. The third kappa shape index (κ3) is 1.34. The Morgan fingerprint density at radius 2 is 1.94 bits per heavy atom. The first kappa shape index (κ1) is 7.02. The molecule has 0 aliphatic rings. The molecule has 3 aromatic rings. The fraction of sp³-hybridized carbons (Fsp3) is 0.214. The molecule has 0 N–H and O–H groups in total. The molecular weight excluding hydrogens is 214 g/mol. The zero-order chi connectivity index (χ0) is 13.8. The van der Waals surface area contributed by atoms with Gasteiger partial charge in [0.05, 0.1) is 0 Å². The van der Waals surface area contributed by atoms with E-state index in [1.165, 1.54) is 11.1 Å². The quantitative estimate of drug-likeness (QED) is 0.558. The summed E-state index contributed by atoms with van der Waals surface area (Å²) < 4.78 is 23.4. The van der Waals surface area contributed by atoms with Crippen LogP contribution in [0.5, 0.6) is 0 Å². The van der Waals surface area contributed by atoms with Gasteiger partial charge in [-0.1, -0.05) is 0 Å². The lowest BCUT2D eigenvalue weighted by Crippen LogP contribution is -1.79. The number of aryl methyl sites for hydroxylation is 3. The Morgan fingerprint density at radius 3 is 2.75 bits per heavy atom. The topological polar surface area (TPSA) is 12.9 Å². The Bertz CT molecular complexity index is 787. The van der Waals surface area contributed by atoms with Crippen LogP contribution in [-0.2, 0) is 0 Å². The van der Waals surface area contributed by atoms with Gasteiger partial charge in [0.15, 0.2) is 0 Å². The van der Waals surface area contributed by atoms with Gasteiger partial charge in [0.2, 0.25) is 0 Å². The Balaban J connectivity index is 2.34. The van der Waals surface area contributed by atoms with Crippen LogP contribution >= 0.6 is 11.3 Å². The minimum absolute atomic E-state index is 0.167. The van der Waals surface area contributed by atoms with Crippen molar-refractivity contribution >= 4 is 31.6 Å². The molecule has 1 aromatic carbocycles. The van der Waals surface area contributed by atoms with Crippen LogP contribution in [0.4, 0.5) is 0 Å². The van der Waals surface area contributed by atoms with Crippen LogP contribution in [0.25, 0.3) is 20.3 Å². The second kappa shape index (κ2) is 3.29. The first-order valence-electron chi connectivity index (χ1n) is 6.67. The SMILES string of the molecule is [2H]C([2H])([2H])c1ccc2c(n1)sc1cc(C)c(C)cc12. The van der Waals surface area contributed by atoms with Crippen LogP contribution in [-0.4, -0.2) is 4.98 Å². The van der Waals surface area contributed by atoms with Crippen molar-refractivity contribution < 1.29 is 4.11 Å². The molecule has 2 heteroatoms. The number of rotatable bonds is 0. The van der Waals surface area contributed by atoms with Crippen LogP contribution in [0.1, 0.15) is 20.9 Å². The molecule has 2 heterocycles. The van der Waals surface area contributed by atoms with Crippen molar-refractivity contribution in [3.63, 3.8) is 0 Å². The van der Waals surface area contributed by atoms with Gasteiger partial charge >= 0.3 is 0 Å². The normalized spacial score (nSPS) is 15.0. The maximum atomic E-state index is 7.43. The molecule has 3 rings (SSSR count). The van der Waals surface area contributed by atoms with Gasteiger partial charge in [-0.15, -0.1) is 11.3 Å². The molecule has 0 atom stereocenters. The van der Waals surface area contributed by atoms with E-state index in [1.807, 2.05) is 6.07 Å². The molecule has 0 radical (unpaired) electrons. The number of fused-ring (bicyclic) bond motifs is 3. The van der Waals surface area contributed by atoms with E-state index in [2.05, 4.69) is 31.0 Å². The van der Waals surface area contributed by atoms with Crippen LogP contribution < -0.4 is 0 Å². The first-order valence-corrected chi connectivity index (χ1v) is 5.99. The fourth-order valence-electron chi connectivity index (χ4n) is 1.91. The van der Waals surface area contributed by atoms with Gasteiger partial charge in [-0.25, -0.2) is 4.98 Å². The molecule has 0 amide bonds. The molecule has 0 unspecified atom stereocenters. The summed E-state index contributed by atoms with van der Waals surface area (Å²) in [5.41, 5.74) is 2.65. The van der Waals surface area contributed by atoms with Crippen molar-refractivity contribution in [2.24, 2.45) is 0 Å². The zero-order valence-electron chi connectivity index (χ0n) is 12.2. The lowest BCUT2D eigenvalue weighted by atomic mass is 10.1. The number of pyridine rings is 1. The number of hydrogen-bond donors (Lipinski definition) is 0. The second-order valence-electron chi connectivity index (χ2n) is 4.08. The van der Waals surface area contributed by atoms with Gasteiger partial charge < -0.3 is 0 Å². The average molecular weight is 230 g/mol. The monoisotopic (exact) mass is 230 g/mol. The lowest BCUT2D eigenvalue weighted by Gasteiger charge is -1.99. The summed E-state index contributed by atoms with van der Waals surface area (Å²) in [6.45, 7) is 2.03. The van der Waals surface area contributed by atoms with Crippen molar-refractivity contribution in [2.75, 3.05) is 0 Å². The first-order chi connectivity index (χ1) is 8.86. The Hall–Kier alpha value is -1.41. The molecule has 1 nitrogen and oxygen atoms in total. The summed E-state index contributed by atoms with van der Waals surface area (Å²) >= 11 is 1.55. The summed E-state index contributed by atoms with van der Waals surface area (Å²) in [5.74, 6) is 0. The molecule has 0 saturated heterocycles. The third-order valence-electron chi connectivity index (χ3n) is 2.95. The number of nitrogens with zero attached hydrogens (tertiary/aromatic N) is 1. The van der Waals surface area contributed by atoms with Crippen molar-refractivity contribution in [3.8, 4) is 0 Å². The molecule has 0 aliphatic heterocycles. The van der Waals surface area contributed by atoms with E-state index in [-0.39, 0.29) is 5.69 Å². The standard InChI is InChI=1S/C14H13NS/c1-8-6-12-11-5-4-10(3)15-14(11)16-13(12)7-9(8)2/h4-7H,1-3H3/i3D3. The van der Waals surface area contributed by atoms with E-state index < -0.39 is 6.85 Å². The van der Waals surface area contributed by atoms with Crippen molar-refractivity contribution in [1.82, 2.24) is 4.98 Å². The molecule has 2 aromatic heterocycles. The minimum Gasteiger partial charge on any atom is -0.242 e. The van der Waals surface area contributed by atoms with Gasteiger partial charge in [-0.3, -0.25) is 0 Å². The van der Waals surface area contributed by atoms with E-state index in [0.717, 1.165) is 20.3 Å². The average Bonchev–Trinajstić information content (AvgIpc) is 2.65. The maximum absolute atomic E-state index is 7.43. The van der Waals surface area contributed by atoms with Crippen molar-refractivity contribution in [2.45, 2.75) is 20.7 Å². The molecule has 0 saturated carbocycles. The van der Waals surface area contributed by atoms with E-state index in [4.69, 9.17) is 4.11 Å².